The van der Waals surface area contributed by atoms with Crippen LogP contribution in [0.2, 0.25) is 0 Å². The molecule has 22 heavy (non-hydrogen) atoms. The Hall–Kier alpha value is -2.08. The summed E-state index contributed by atoms with van der Waals surface area (Å²) < 4.78 is 10.5. The van der Waals surface area contributed by atoms with Crippen LogP contribution in [0.15, 0.2) is 24.3 Å². The fourth-order valence-corrected chi connectivity index (χ4v) is 2.79. The normalized spacial score (nSPS) is 25.0. The molecule has 0 radical (unpaired) electrons. The van der Waals surface area contributed by atoms with Gasteiger partial charge >= 0.3 is 6.09 Å². The molecule has 3 rings (SSSR count). The van der Waals surface area contributed by atoms with Gasteiger partial charge in [0.1, 0.15) is 12.7 Å². The van der Waals surface area contributed by atoms with Crippen LogP contribution in [-0.4, -0.2) is 37.9 Å². The average Bonchev–Trinajstić information content (AvgIpc) is 2.94. The fourth-order valence-electron chi connectivity index (χ4n) is 2.79. The smallest absolute Gasteiger partial charge is 0.414 e. The summed E-state index contributed by atoms with van der Waals surface area (Å²) in [6, 6.07) is 7.23. The van der Waals surface area contributed by atoms with Crippen molar-refractivity contribution in [3.8, 4) is 0 Å². The van der Waals surface area contributed by atoms with Crippen molar-refractivity contribution in [3.63, 3.8) is 0 Å². The van der Waals surface area contributed by atoms with Crippen molar-refractivity contribution >= 4 is 23.4 Å². The maximum atomic E-state index is 12.4. The zero-order valence-corrected chi connectivity index (χ0v) is 12.6. The molecule has 0 unspecified atom stereocenters. The summed E-state index contributed by atoms with van der Waals surface area (Å²) in [7, 11) is 0. The van der Waals surface area contributed by atoms with E-state index in [1.54, 1.807) is 12.1 Å². The van der Waals surface area contributed by atoms with Crippen LogP contribution >= 0.6 is 0 Å². The number of carbonyl (C=O) groups excluding carboxylic acids is 2. The van der Waals surface area contributed by atoms with Gasteiger partial charge in [-0.25, -0.2) is 4.79 Å². The van der Waals surface area contributed by atoms with Crippen molar-refractivity contribution in [3.05, 3.63) is 24.3 Å². The van der Waals surface area contributed by atoms with Gasteiger partial charge in [-0.1, -0.05) is 19.1 Å². The summed E-state index contributed by atoms with van der Waals surface area (Å²) in [5, 5.41) is 2.88. The minimum absolute atomic E-state index is 0.161. The van der Waals surface area contributed by atoms with Crippen LogP contribution in [0.4, 0.5) is 16.2 Å². The Balaban J connectivity index is 1.74. The molecule has 6 nitrogen and oxygen atoms in total. The zero-order valence-electron chi connectivity index (χ0n) is 12.6. The molecule has 2 heterocycles. The third kappa shape index (κ3) is 3.06. The number of carbonyl (C=O) groups is 2. The SMILES string of the molecule is C[C@H]1CCO[C@H](C(=O)Nc2ccccc2N2CCOC2=O)C1. The first-order valence-electron chi connectivity index (χ1n) is 7.61. The Morgan fingerprint density at radius 3 is 2.86 bits per heavy atom. The Morgan fingerprint density at radius 2 is 2.14 bits per heavy atom. The van der Waals surface area contributed by atoms with Crippen molar-refractivity contribution < 1.29 is 19.1 Å². The Labute approximate surface area is 129 Å². The number of amides is 2. The van der Waals surface area contributed by atoms with Gasteiger partial charge in [0, 0.05) is 6.61 Å². The highest BCUT2D eigenvalue weighted by Crippen LogP contribution is 2.29. The molecule has 0 saturated carbocycles. The van der Waals surface area contributed by atoms with Gasteiger partial charge < -0.3 is 14.8 Å². The molecule has 1 aromatic carbocycles. The van der Waals surface area contributed by atoms with E-state index >= 15 is 0 Å². The first-order chi connectivity index (χ1) is 10.6. The van der Waals surface area contributed by atoms with Crippen LogP contribution < -0.4 is 10.2 Å². The molecule has 2 saturated heterocycles. The minimum atomic E-state index is -0.428. The second kappa shape index (κ2) is 6.36. The number of para-hydroxylation sites is 2. The predicted octanol–water partition coefficient (Wildman–Crippen LogP) is 2.40. The molecule has 0 aliphatic carbocycles. The van der Waals surface area contributed by atoms with Crippen molar-refractivity contribution in [2.75, 3.05) is 30.0 Å². The highest BCUT2D eigenvalue weighted by Gasteiger charge is 2.29. The summed E-state index contributed by atoms with van der Waals surface area (Å²) in [5.74, 6) is 0.319. The van der Waals surface area contributed by atoms with Gasteiger partial charge in [0.2, 0.25) is 0 Å². The van der Waals surface area contributed by atoms with Crippen molar-refractivity contribution in [2.24, 2.45) is 5.92 Å². The lowest BCUT2D eigenvalue weighted by Crippen LogP contribution is -2.36. The van der Waals surface area contributed by atoms with Gasteiger partial charge in [-0.05, 0) is 30.9 Å². The van der Waals surface area contributed by atoms with E-state index < -0.39 is 6.10 Å². The molecule has 118 valence electrons. The molecular formula is C16H20N2O4. The number of hydrogen-bond donors (Lipinski definition) is 1. The van der Waals surface area contributed by atoms with Gasteiger partial charge in [0.05, 0.1) is 17.9 Å². The largest absolute Gasteiger partial charge is 0.447 e. The minimum Gasteiger partial charge on any atom is -0.447 e. The van der Waals surface area contributed by atoms with Gasteiger partial charge in [0.15, 0.2) is 0 Å². The number of ether oxygens (including phenoxy) is 2. The first kappa shape index (κ1) is 14.8. The summed E-state index contributed by atoms with van der Waals surface area (Å²) in [6.07, 6.45) is 0.895. The summed E-state index contributed by atoms with van der Waals surface area (Å²) in [5.41, 5.74) is 1.26. The monoisotopic (exact) mass is 304 g/mol. The predicted molar refractivity (Wildman–Crippen MR) is 81.9 cm³/mol. The molecule has 2 aliphatic heterocycles. The number of anilines is 2. The highest BCUT2D eigenvalue weighted by atomic mass is 16.6. The lowest BCUT2D eigenvalue weighted by atomic mass is 9.97. The maximum Gasteiger partial charge on any atom is 0.414 e. The molecule has 2 fully saturated rings. The summed E-state index contributed by atoms with van der Waals surface area (Å²) >= 11 is 0. The first-order valence-corrected chi connectivity index (χ1v) is 7.61. The standard InChI is InChI=1S/C16H20N2O4/c1-11-6-8-21-14(10-11)15(19)17-12-4-2-3-5-13(12)18-7-9-22-16(18)20/h2-5,11,14H,6-10H2,1H3,(H,17,19)/t11-,14-/m0/s1. The fraction of sp³-hybridized carbons (Fsp3) is 0.500. The number of nitrogens with zero attached hydrogens (tertiary/aromatic N) is 1. The Bertz CT molecular complexity index is 575. The van der Waals surface area contributed by atoms with E-state index in [4.69, 9.17) is 9.47 Å². The zero-order chi connectivity index (χ0) is 15.5. The molecule has 0 aromatic heterocycles. The lowest BCUT2D eigenvalue weighted by molar-refractivity contribution is -0.131. The van der Waals surface area contributed by atoms with Crippen LogP contribution in [0, 0.1) is 5.92 Å². The molecule has 2 atom stereocenters. The third-order valence-corrected chi connectivity index (χ3v) is 4.05. The lowest BCUT2D eigenvalue weighted by Gasteiger charge is -2.27. The Kier molecular flexibility index (Phi) is 4.29. The quantitative estimate of drug-likeness (QED) is 0.931. The molecule has 0 bridgehead atoms. The summed E-state index contributed by atoms with van der Waals surface area (Å²) in [6.45, 7) is 3.59. The number of hydrogen-bond acceptors (Lipinski definition) is 4. The van der Waals surface area contributed by atoms with Crippen molar-refractivity contribution in [2.45, 2.75) is 25.9 Å². The third-order valence-electron chi connectivity index (χ3n) is 4.05. The highest BCUT2D eigenvalue weighted by molar-refractivity contribution is 6.01. The number of rotatable bonds is 3. The number of benzene rings is 1. The van der Waals surface area contributed by atoms with E-state index in [9.17, 15) is 9.59 Å². The van der Waals surface area contributed by atoms with Gasteiger partial charge in [-0.2, -0.15) is 0 Å². The van der Waals surface area contributed by atoms with Crippen molar-refractivity contribution in [1.82, 2.24) is 0 Å². The summed E-state index contributed by atoms with van der Waals surface area (Å²) in [4.78, 5) is 25.6. The van der Waals surface area contributed by atoms with E-state index in [1.165, 1.54) is 4.90 Å². The van der Waals surface area contributed by atoms with Crippen LogP contribution in [0.25, 0.3) is 0 Å². The van der Waals surface area contributed by atoms with Crippen LogP contribution in [0.5, 0.6) is 0 Å². The van der Waals surface area contributed by atoms with Crippen LogP contribution in [0.1, 0.15) is 19.8 Å². The topological polar surface area (TPSA) is 67.9 Å². The molecule has 2 amide bonds. The van der Waals surface area contributed by atoms with Gasteiger partial charge in [0.25, 0.3) is 5.91 Å². The van der Waals surface area contributed by atoms with Crippen LogP contribution in [-0.2, 0) is 14.3 Å². The van der Waals surface area contributed by atoms with Gasteiger partial charge in [-0.3, -0.25) is 9.69 Å². The van der Waals surface area contributed by atoms with E-state index in [0.29, 0.717) is 37.1 Å². The molecular weight excluding hydrogens is 284 g/mol. The maximum absolute atomic E-state index is 12.4. The van der Waals surface area contributed by atoms with E-state index in [2.05, 4.69) is 12.2 Å². The second-order valence-electron chi connectivity index (χ2n) is 5.76. The number of nitrogens with one attached hydrogen (secondary N) is 1. The molecule has 2 aliphatic rings. The van der Waals surface area contributed by atoms with Crippen LogP contribution in [0.3, 0.4) is 0 Å². The average molecular weight is 304 g/mol. The van der Waals surface area contributed by atoms with E-state index in [1.807, 2.05) is 12.1 Å². The second-order valence-corrected chi connectivity index (χ2v) is 5.76. The Morgan fingerprint density at radius 1 is 1.32 bits per heavy atom. The number of cyclic esters (lactones) is 1. The van der Waals surface area contributed by atoms with Gasteiger partial charge in [-0.15, -0.1) is 0 Å². The van der Waals surface area contributed by atoms with E-state index in [-0.39, 0.29) is 12.0 Å². The molecule has 0 spiro atoms. The molecule has 1 N–H and O–H groups in total. The molecule has 6 heteroatoms. The van der Waals surface area contributed by atoms with Crippen molar-refractivity contribution in [1.29, 1.82) is 0 Å². The van der Waals surface area contributed by atoms with E-state index in [0.717, 1.165) is 12.8 Å². The molecule has 1 aromatic rings.